The second-order valence-electron chi connectivity index (χ2n) is 11.6. The molecule has 2 aliphatic heterocycles. The number of rotatable bonds is 15. The highest BCUT2D eigenvalue weighted by Gasteiger charge is 2.29. The van der Waals surface area contributed by atoms with E-state index >= 15 is 0 Å². The van der Waals surface area contributed by atoms with E-state index in [-0.39, 0.29) is 12.0 Å². The molecule has 13 nitrogen and oxygen atoms in total. The van der Waals surface area contributed by atoms with Crippen molar-refractivity contribution in [3.63, 3.8) is 0 Å². The summed E-state index contributed by atoms with van der Waals surface area (Å²) in [5.41, 5.74) is 4.55. The van der Waals surface area contributed by atoms with Crippen LogP contribution in [0.2, 0.25) is 0 Å². The summed E-state index contributed by atoms with van der Waals surface area (Å²) in [4.78, 5) is 18.5. The second-order valence-corrected chi connectivity index (χ2v) is 11.6. The average Bonchev–Trinajstić information content (AvgIpc) is 3.67. The highest BCUT2D eigenvalue weighted by Crippen LogP contribution is 2.44. The van der Waals surface area contributed by atoms with Gasteiger partial charge in [-0.3, -0.25) is 4.79 Å². The number of oxime groups is 1. The van der Waals surface area contributed by atoms with Gasteiger partial charge in [-0.05, 0) is 54.1 Å². The lowest BCUT2D eigenvalue weighted by molar-refractivity contribution is 0.0852. The van der Waals surface area contributed by atoms with E-state index in [0.717, 1.165) is 28.1 Å². The number of benzene rings is 4. The van der Waals surface area contributed by atoms with Crippen LogP contribution in [0.3, 0.4) is 0 Å². The van der Waals surface area contributed by atoms with Crippen molar-refractivity contribution in [1.82, 2.24) is 5.32 Å². The lowest BCUT2D eigenvalue weighted by Crippen LogP contribution is -2.38. The fraction of sp³-hybridized carbons (Fsp3) is 0.316. The standard InChI is InChI=1S/C38H41N3O10/c1-43-30-16-22(37-39-26-11-8-7-10-25(26)38(42)40-37)12-13-28(30)49-14-9-15-50-36-33(46-4)19-24(20-34(36)47-5)29-21-27(41-51-29)23-17-31(44-2)35(48-6)32(18-23)45-3/h7-8,10-13,16-20,29,37,39H,9,14-15,21H2,1-6H3,(H,40,42). The molecule has 51 heavy (non-hydrogen) atoms. The Balaban J connectivity index is 1.06. The smallest absolute Gasteiger partial charge is 0.255 e. The number of nitrogens with zero attached hydrogens (tertiary/aromatic N) is 1. The van der Waals surface area contributed by atoms with Crippen LogP contribution < -0.4 is 48.5 Å². The topological polar surface area (TPSA) is 137 Å². The molecule has 13 heteroatoms. The zero-order valence-electron chi connectivity index (χ0n) is 29.4. The maximum absolute atomic E-state index is 12.6. The number of ether oxygens (including phenoxy) is 8. The molecular weight excluding hydrogens is 658 g/mol. The Labute approximate surface area is 296 Å². The van der Waals surface area contributed by atoms with Crippen molar-refractivity contribution >= 4 is 17.3 Å². The Bertz CT molecular complexity index is 1860. The third-order valence-electron chi connectivity index (χ3n) is 8.58. The van der Waals surface area contributed by atoms with Crippen LogP contribution in [-0.2, 0) is 4.84 Å². The molecule has 268 valence electrons. The van der Waals surface area contributed by atoms with Crippen molar-refractivity contribution in [3.05, 3.63) is 89.0 Å². The number of carbonyl (C=O) groups is 1. The third kappa shape index (κ3) is 7.32. The normalized spacial score (nSPS) is 16.0. The highest BCUT2D eigenvalue weighted by atomic mass is 16.6. The van der Waals surface area contributed by atoms with Gasteiger partial charge in [-0.1, -0.05) is 23.4 Å². The van der Waals surface area contributed by atoms with Gasteiger partial charge >= 0.3 is 0 Å². The van der Waals surface area contributed by atoms with Crippen LogP contribution in [0.5, 0.6) is 46.0 Å². The van der Waals surface area contributed by atoms with Crippen molar-refractivity contribution in [1.29, 1.82) is 0 Å². The van der Waals surface area contributed by atoms with E-state index in [4.69, 9.17) is 42.7 Å². The maximum atomic E-state index is 12.6. The summed E-state index contributed by atoms with van der Waals surface area (Å²) in [5.74, 6) is 4.01. The van der Waals surface area contributed by atoms with Crippen molar-refractivity contribution in [3.8, 4) is 46.0 Å². The van der Waals surface area contributed by atoms with E-state index in [1.54, 1.807) is 48.7 Å². The number of para-hydroxylation sites is 1. The average molecular weight is 700 g/mol. The largest absolute Gasteiger partial charge is 0.493 e. The Hall–Kier alpha value is -5.98. The minimum absolute atomic E-state index is 0.140. The molecule has 2 aliphatic rings. The predicted molar refractivity (Wildman–Crippen MR) is 189 cm³/mol. The van der Waals surface area contributed by atoms with Crippen LogP contribution >= 0.6 is 0 Å². The van der Waals surface area contributed by atoms with Crippen molar-refractivity contribution in [2.75, 3.05) is 61.2 Å². The number of carbonyl (C=O) groups excluding carboxylic acids is 1. The lowest BCUT2D eigenvalue weighted by Gasteiger charge is -2.28. The number of nitrogens with one attached hydrogen (secondary N) is 2. The van der Waals surface area contributed by atoms with Gasteiger partial charge in [-0.2, -0.15) is 0 Å². The summed E-state index contributed by atoms with van der Waals surface area (Å²) in [6.07, 6.45) is 0.267. The summed E-state index contributed by atoms with van der Waals surface area (Å²) < 4.78 is 45.7. The van der Waals surface area contributed by atoms with Crippen LogP contribution in [0, 0.1) is 0 Å². The van der Waals surface area contributed by atoms with Crippen LogP contribution in [0.25, 0.3) is 0 Å². The zero-order chi connectivity index (χ0) is 35.9. The van der Waals surface area contributed by atoms with Gasteiger partial charge in [-0.25, -0.2) is 0 Å². The molecule has 2 heterocycles. The van der Waals surface area contributed by atoms with Crippen molar-refractivity contribution in [2.24, 2.45) is 5.16 Å². The van der Waals surface area contributed by atoms with Gasteiger partial charge in [0, 0.05) is 29.7 Å². The second kappa shape index (κ2) is 15.7. The maximum Gasteiger partial charge on any atom is 0.255 e. The number of anilines is 1. The van der Waals surface area contributed by atoms with Gasteiger partial charge in [-0.15, -0.1) is 0 Å². The Morgan fingerprint density at radius 1 is 0.667 bits per heavy atom. The van der Waals surface area contributed by atoms with Crippen LogP contribution in [0.15, 0.2) is 71.9 Å². The van der Waals surface area contributed by atoms with E-state index in [1.807, 2.05) is 60.7 Å². The van der Waals surface area contributed by atoms with Crippen LogP contribution in [0.4, 0.5) is 5.69 Å². The fourth-order valence-electron chi connectivity index (χ4n) is 5.98. The SMILES string of the molecule is COc1cc(C2NC(=O)c3ccccc3N2)ccc1OCCCOc1c(OC)cc(C2CC(c3cc(OC)c(OC)c(OC)c3)=NO2)cc1OC. The molecule has 0 fully saturated rings. The highest BCUT2D eigenvalue weighted by molar-refractivity contribution is 6.02. The molecule has 2 N–H and O–H groups in total. The molecule has 2 atom stereocenters. The Morgan fingerprint density at radius 3 is 1.96 bits per heavy atom. The van der Waals surface area contributed by atoms with E-state index in [2.05, 4.69) is 15.8 Å². The fourth-order valence-corrected chi connectivity index (χ4v) is 5.98. The first-order valence-electron chi connectivity index (χ1n) is 16.3. The van der Waals surface area contributed by atoms with Gasteiger partial charge in [0.25, 0.3) is 5.91 Å². The molecule has 0 radical (unpaired) electrons. The van der Waals surface area contributed by atoms with E-state index in [1.165, 1.54) is 0 Å². The molecule has 6 rings (SSSR count). The molecule has 1 amide bonds. The van der Waals surface area contributed by atoms with Gasteiger partial charge in [0.05, 0.1) is 67.1 Å². The minimum atomic E-state index is -0.406. The number of fused-ring (bicyclic) bond motifs is 1. The Morgan fingerprint density at radius 2 is 1.29 bits per heavy atom. The number of hydrogen-bond acceptors (Lipinski definition) is 12. The van der Waals surface area contributed by atoms with Gasteiger partial charge < -0.3 is 53.4 Å². The first kappa shape index (κ1) is 34.9. The monoisotopic (exact) mass is 699 g/mol. The third-order valence-corrected chi connectivity index (χ3v) is 8.58. The molecular formula is C38H41N3O10. The summed E-state index contributed by atoms with van der Waals surface area (Å²) in [5, 5.41) is 10.7. The molecule has 0 aliphatic carbocycles. The van der Waals surface area contributed by atoms with Crippen molar-refractivity contribution < 1.29 is 47.5 Å². The van der Waals surface area contributed by atoms with E-state index in [9.17, 15) is 4.79 Å². The minimum Gasteiger partial charge on any atom is -0.493 e. The molecule has 0 bridgehead atoms. The van der Waals surface area contributed by atoms with Gasteiger partial charge in [0.15, 0.2) is 40.6 Å². The van der Waals surface area contributed by atoms with E-state index < -0.39 is 6.17 Å². The molecule has 0 spiro atoms. The summed E-state index contributed by atoms with van der Waals surface area (Å²) >= 11 is 0. The number of hydrogen-bond donors (Lipinski definition) is 2. The number of amides is 1. The van der Waals surface area contributed by atoms with Gasteiger partial charge in [0.1, 0.15) is 6.17 Å². The summed E-state index contributed by atoms with van der Waals surface area (Å²) in [6.45, 7) is 0.694. The summed E-state index contributed by atoms with van der Waals surface area (Å²) in [6, 6.07) is 20.4. The van der Waals surface area contributed by atoms with Crippen LogP contribution in [-0.4, -0.2) is 67.5 Å². The van der Waals surface area contributed by atoms with Crippen molar-refractivity contribution in [2.45, 2.75) is 25.1 Å². The summed E-state index contributed by atoms with van der Waals surface area (Å²) in [7, 11) is 9.43. The van der Waals surface area contributed by atoms with Crippen LogP contribution in [0.1, 0.15) is 52.2 Å². The molecule has 0 aromatic heterocycles. The van der Waals surface area contributed by atoms with Gasteiger partial charge in [0.2, 0.25) is 11.5 Å². The molecule has 0 saturated carbocycles. The van der Waals surface area contributed by atoms with E-state index in [0.29, 0.717) is 77.6 Å². The zero-order valence-corrected chi connectivity index (χ0v) is 29.4. The Kier molecular flexibility index (Phi) is 10.7. The first-order valence-corrected chi connectivity index (χ1v) is 16.3. The number of methoxy groups -OCH3 is 6. The molecule has 0 saturated heterocycles. The first-order chi connectivity index (χ1) is 24.9. The lowest BCUT2D eigenvalue weighted by atomic mass is 9.99. The molecule has 4 aromatic rings. The predicted octanol–water partition coefficient (Wildman–Crippen LogP) is 6.31. The molecule has 2 unspecified atom stereocenters. The quantitative estimate of drug-likeness (QED) is 0.135. The molecule has 4 aromatic carbocycles.